The van der Waals surface area contributed by atoms with Gasteiger partial charge in [-0.2, -0.15) is 5.26 Å². The van der Waals surface area contributed by atoms with Crippen LogP contribution in [0.4, 0.5) is 5.69 Å². The average molecular weight is 273 g/mol. The van der Waals surface area contributed by atoms with Crippen LogP contribution in [0, 0.1) is 11.3 Å². The zero-order chi connectivity index (χ0) is 13.7. The molecule has 0 spiro atoms. The summed E-state index contributed by atoms with van der Waals surface area (Å²) in [7, 11) is 1.61. The first kappa shape index (κ1) is 13.3. The van der Waals surface area contributed by atoms with Crippen molar-refractivity contribution < 1.29 is 4.74 Å². The summed E-state index contributed by atoms with van der Waals surface area (Å²) in [6.45, 7) is 0. The van der Waals surface area contributed by atoms with Crippen molar-refractivity contribution in [2.45, 2.75) is 6.04 Å². The monoisotopic (exact) mass is 272 g/mol. The molecule has 0 aromatic heterocycles. The van der Waals surface area contributed by atoms with Crippen LogP contribution in [-0.4, -0.2) is 7.11 Å². The molecule has 0 fully saturated rings. The Labute approximate surface area is 117 Å². The lowest BCUT2D eigenvalue weighted by atomic mass is 10.1. The van der Waals surface area contributed by atoms with E-state index in [4.69, 9.17) is 16.3 Å². The number of methoxy groups -OCH3 is 1. The van der Waals surface area contributed by atoms with Crippen LogP contribution in [0.3, 0.4) is 0 Å². The standard InChI is InChI=1S/C15H13ClN2O/c1-19-14-7-3-6-13(9-14)18-15(10-17)11-4-2-5-12(16)8-11/h2-9,15,18H,1H3. The number of ether oxygens (including phenoxy) is 1. The van der Waals surface area contributed by atoms with Gasteiger partial charge in [0, 0.05) is 16.8 Å². The summed E-state index contributed by atoms with van der Waals surface area (Å²) >= 11 is 5.94. The molecule has 2 rings (SSSR count). The summed E-state index contributed by atoms with van der Waals surface area (Å²) in [4.78, 5) is 0. The van der Waals surface area contributed by atoms with Gasteiger partial charge in [-0.3, -0.25) is 0 Å². The average Bonchev–Trinajstić information content (AvgIpc) is 2.45. The SMILES string of the molecule is COc1cccc(NC(C#N)c2cccc(Cl)c2)c1. The highest BCUT2D eigenvalue weighted by atomic mass is 35.5. The van der Waals surface area contributed by atoms with Crippen LogP contribution in [0.5, 0.6) is 5.75 Å². The Morgan fingerprint density at radius 2 is 2.00 bits per heavy atom. The van der Waals surface area contributed by atoms with E-state index in [0.717, 1.165) is 17.0 Å². The predicted octanol–water partition coefficient (Wildman–Crippen LogP) is 4.03. The number of hydrogen-bond donors (Lipinski definition) is 1. The maximum absolute atomic E-state index is 9.27. The fourth-order valence-corrected chi connectivity index (χ4v) is 1.95. The zero-order valence-corrected chi connectivity index (χ0v) is 11.2. The van der Waals surface area contributed by atoms with E-state index < -0.39 is 6.04 Å². The summed E-state index contributed by atoms with van der Waals surface area (Å²) in [6.07, 6.45) is 0. The van der Waals surface area contributed by atoms with Gasteiger partial charge in [-0.25, -0.2) is 0 Å². The molecule has 2 aromatic carbocycles. The maximum atomic E-state index is 9.27. The Hall–Kier alpha value is -2.18. The van der Waals surface area contributed by atoms with E-state index in [1.165, 1.54) is 0 Å². The molecule has 96 valence electrons. The van der Waals surface area contributed by atoms with E-state index in [9.17, 15) is 5.26 Å². The predicted molar refractivity (Wildman–Crippen MR) is 76.4 cm³/mol. The Balaban J connectivity index is 2.22. The molecule has 0 amide bonds. The highest BCUT2D eigenvalue weighted by molar-refractivity contribution is 6.30. The van der Waals surface area contributed by atoms with E-state index in [0.29, 0.717) is 5.02 Å². The number of anilines is 1. The minimum atomic E-state index is -0.453. The van der Waals surface area contributed by atoms with Gasteiger partial charge in [0.05, 0.1) is 13.2 Å². The minimum Gasteiger partial charge on any atom is -0.497 e. The van der Waals surface area contributed by atoms with Crippen molar-refractivity contribution in [3.63, 3.8) is 0 Å². The van der Waals surface area contributed by atoms with E-state index in [2.05, 4.69) is 11.4 Å². The lowest BCUT2D eigenvalue weighted by molar-refractivity contribution is 0.415. The van der Waals surface area contributed by atoms with Crippen molar-refractivity contribution in [1.82, 2.24) is 0 Å². The molecular formula is C15H13ClN2O. The molecule has 0 saturated heterocycles. The van der Waals surface area contributed by atoms with E-state index >= 15 is 0 Å². The van der Waals surface area contributed by atoms with Crippen molar-refractivity contribution in [3.05, 3.63) is 59.1 Å². The third kappa shape index (κ3) is 3.40. The fourth-order valence-electron chi connectivity index (χ4n) is 1.76. The van der Waals surface area contributed by atoms with Crippen LogP contribution in [0.15, 0.2) is 48.5 Å². The molecule has 0 bridgehead atoms. The first-order valence-corrected chi connectivity index (χ1v) is 6.16. The smallest absolute Gasteiger partial charge is 0.140 e. The molecule has 0 aliphatic heterocycles. The third-order valence-electron chi connectivity index (χ3n) is 2.69. The normalized spacial score (nSPS) is 11.4. The molecular weight excluding hydrogens is 260 g/mol. The van der Waals surface area contributed by atoms with Crippen molar-refractivity contribution in [2.75, 3.05) is 12.4 Å². The molecule has 1 atom stereocenters. The molecule has 0 radical (unpaired) electrons. The van der Waals surface area contributed by atoms with E-state index in [1.807, 2.05) is 36.4 Å². The quantitative estimate of drug-likeness (QED) is 0.914. The van der Waals surface area contributed by atoms with E-state index in [1.54, 1.807) is 19.2 Å². The Bertz CT molecular complexity index is 607. The zero-order valence-electron chi connectivity index (χ0n) is 10.4. The molecule has 0 aliphatic rings. The van der Waals surface area contributed by atoms with Crippen molar-refractivity contribution in [1.29, 1.82) is 5.26 Å². The van der Waals surface area contributed by atoms with Gasteiger partial charge in [-0.05, 0) is 29.8 Å². The second-order valence-corrected chi connectivity index (χ2v) is 4.43. The van der Waals surface area contributed by atoms with Gasteiger partial charge >= 0.3 is 0 Å². The van der Waals surface area contributed by atoms with Gasteiger partial charge in [0.1, 0.15) is 11.8 Å². The summed E-state index contributed by atoms with van der Waals surface area (Å²) in [5.41, 5.74) is 1.66. The van der Waals surface area contributed by atoms with Crippen molar-refractivity contribution in [2.24, 2.45) is 0 Å². The molecule has 19 heavy (non-hydrogen) atoms. The highest BCUT2D eigenvalue weighted by Crippen LogP contribution is 2.24. The van der Waals surface area contributed by atoms with Crippen LogP contribution in [-0.2, 0) is 0 Å². The van der Waals surface area contributed by atoms with Crippen LogP contribution in [0.25, 0.3) is 0 Å². The molecule has 0 heterocycles. The number of benzene rings is 2. The highest BCUT2D eigenvalue weighted by Gasteiger charge is 2.10. The van der Waals surface area contributed by atoms with Gasteiger partial charge in [0.15, 0.2) is 0 Å². The van der Waals surface area contributed by atoms with E-state index in [-0.39, 0.29) is 0 Å². The van der Waals surface area contributed by atoms with Gasteiger partial charge in [0.2, 0.25) is 0 Å². The van der Waals surface area contributed by atoms with Crippen LogP contribution >= 0.6 is 11.6 Å². The molecule has 0 saturated carbocycles. The van der Waals surface area contributed by atoms with Gasteiger partial charge in [-0.1, -0.05) is 29.8 Å². The van der Waals surface area contributed by atoms with Gasteiger partial charge in [0.25, 0.3) is 0 Å². The van der Waals surface area contributed by atoms with Gasteiger partial charge < -0.3 is 10.1 Å². The first-order valence-electron chi connectivity index (χ1n) is 5.78. The number of rotatable bonds is 4. The topological polar surface area (TPSA) is 45.0 Å². The number of nitrogens with one attached hydrogen (secondary N) is 1. The minimum absolute atomic E-state index is 0.453. The van der Waals surface area contributed by atoms with Gasteiger partial charge in [-0.15, -0.1) is 0 Å². The Kier molecular flexibility index (Phi) is 4.27. The van der Waals surface area contributed by atoms with Crippen molar-refractivity contribution >= 4 is 17.3 Å². The number of halogens is 1. The molecule has 3 nitrogen and oxygen atoms in total. The second-order valence-electron chi connectivity index (χ2n) is 3.99. The Morgan fingerprint density at radius 1 is 1.21 bits per heavy atom. The summed E-state index contributed by atoms with van der Waals surface area (Å²) < 4.78 is 5.15. The number of hydrogen-bond acceptors (Lipinski definition) is 3. The molecule has 2 aromatic rings. The molecule has 4 heteroatoms. The first-order chi connectivity index (χ1) is 9.22. The van der Waals surface area contributed by atoms with Crippen LogP contribution < -0.4 is 10.1 Å². The lowest BCUT2D eigenvalue weighted by Crippen LogP contribution is -2.08. The number of nitrogens with zero attached hydrogens (tertiary/aromatic N) is 1. The third-order valence-corrected chi connectivity index (χ3v) is 2.93. The summed E-state index contributed by atoms with van der Waals surface area (Å²) in [6, 6.07) is 16.5. The second kappa shape index (κ2) is 6.12. The van der Waals surface area contributed by atoms with Crippen LogP contribution in [0.1, 0.15) is 11.6 Å². The maximum Gasteiger partial charge on any atom is 0.140 e. The summed E-state index contributed by atoms with van der Waals surface area (Å²) in [5, 5.41) is 13.0. The van der Waals surface area contributed by atoms with Crippen LogP contribution in [0.2, 0.25) is 5.02 Å². The summed E-state index contributed by atoms with van der Waals surface area (Å²) in [5.74, 6) is 0.743. The fraction of sp³-hybridized carbons (Fsp3) is 0.133. The number of nitriles is 1. The molecule has 0 aliphatic carbocycles. The molecule has 1 N–H and O–H groups in total. The lowest BCUT2D eigenvalue weighted by Gasteiger charge is -2.14. The van der Waals surface area contributed by atoms with Crippen molar-refractivity contribution in [3.8, 4) is 11.8 Å². The largest absolute Gasteiger partial charge is 0.497 e. The molecule has 1 unspecified atom stereocenters. The Morgan fingerprint density at radius 3 is 2.68 bits per heavy atom.